The molecule has 1 aliphatic rings. The normalized spacial score (nSPS) is 13.5. The summed E-state index contributed by atoms with van der Waals surface area (Å²) in [5, 5.41) is 6.60. The van der Waals surface area contributed by atoms with Gasteiger partial charge in [-0.3, -0.25) is 4.98 Å². The molecule has 3 aromatic rings. The predicted molar refractivity (Wildman–Crippen MR) is 96.3 cm³/mol. The van der Waals surface area contributed by atoms with E-state index < -0.39 is 0 Å². The lowest BCUT2D eigenvalue weighted by atomic mass is 10.2. The number of aryl methyl sites for hydroxylation is 1. The molecule has 4 rings (SSSR count). The molecule has 6 heteroatoms. The zero-order valence-corrected chi connectivity index (χ0v) is 13.8. The molecule has 1 aliphatic carbocycles. The number of nitrogens with one attached hydrogen (secondary N) is 2. The molecule has 0 bridgehead atoms. The van der Waals surface area contributed by atoms with Gasteiger partial charge in [-0.15, -0.1) is 0 Å². The van der Waals surface area contributed by atoms with Crippen molar-refractivity contribution < 1.29 is 4.39 Å². The van der Waals surface area contributed by atoms with Gasteiger partial charge in [-0.1, -0.05) is 0 Å². The maximum atomic E-state index is 13.3. The molecule has 5 nitrogen and oxygen atoms in total. The molecule has 0 spiro atoms. The van der Waals surface area contributed by atoms with E-state index in [0.29, 0.717) is 17.8 Å². The Morgan fingerprint density at radius 1 is 1.12 bits per heavy atom. The molecule has 1 aromatic carbocycles. The van der Waals surface area contributed by atoms with Crippen molar-refractivity contribution in [3.8, 4) is 11.3 Å². The standard InChI is InChI=1S/C19H18FN5/c1-12-9-14(20)4-7-16(12)23-18-10-17(13-3-2-8-21-11-13)24-19(25-18)22-15-5-6-15/h2-4,7-11,15H,5-6H2,1H3,(H2,22,23,24,25). The summed E-state index contributed by atoms with van der Waals surface area (Å²) in [5.41, 5.74) is 3.34. The monoisotopic (exact) mass is 335 g/mol. The number of pyridine rings is 1. The van der Waals surface area contributed by atoms with Gasteiger partial charge in [0.15, 0.2) is 0 Å². The summed E-state index contributed by atoms with van der Waals surface area (Å²) in [4.78, 5) is 13.3. The first-order valence-electron chi connectivity index (χ1n) is 8.26. The number of aromatic nitrogens is 3. The van der Waals surface area contributed by atoms with Crippen LogP contribution in [0.3, 0.4) is 0 Å². The van der Waals surface area contributed by atoms with E-state index in [2.05, 4.69) is 25.6 Å². The van der Waals surface area contributed by atoms with Crippen LogP contribution in [0.2, 0.25) is 0 Å². The number of benzene rings is 1. The Kier molecular flexibility index (Phi) is 4.01. The van der Waals surface area contributed by atoms with Gasteiger partial charge in [0.05, 0.1) is 5.69 Å². The Labute approximate surface area is 145 Å². The summed E-state index contributed by atoms with van der Waals surface area (Å²) >= 11 is 0. The maximum Gasteiger partial charge on any atom is 0.225 e. The Hall–Kier alpha value is -3.02. The zero-order valence-electron chi connectivity index (χ0n) is 13.8. The van der Waals surface area contributed by atoms with Gasteiger partial charge in [-0.25, -0.2) is 9.37 Å². The molecule has 1 fully saturated rings. The van der Waals surface area contributed by atoms with E-state index in [1.807, 2.05) is 25.1 Å². The summed E-state index contributed by atoms with van der Waals surface area (Å²) in [6.07, 6.45) is 5.78. The Morgan fingerprint density at radius 2 is 2.00 bits per heavy atom. The van der Waals surface area contributed by atoms with Gasteiger partial charge < -0.3 is 10.6 Å². The number of halogens is 1. The fourth-order valence-electron chi connectivity index (χ4n) is 2.55. The van der Waals surface area contributed by atoms with Crippen molar-refractivity contribution in [1.82, 2.24) is 15.0 Å². The Balaban J connectivity index is 1.70. The van der Waals surface area contributed by atoms with Crippen LogP contribution >= 0.6 is 0 Å². The van der Waals surface area contributed by atoms with Crippen LogP contribution in [0.1, 0.15) is 18.4 Å². The molecular weight excluding hydrogens is 317 g/mol. The van der Waals surface area contributed by atoms with E-state index >= 15 is 0 Å². The van der Waals surface area contributed by atoms with Gasteiger partial charge in [0.2, 0.25) is 5.95 Å². The second-order valence-corrected chi connectivity index (χ2v) is 6.21. The zero-order chi connectivity index (χ0) is 17.2. The van der Waals surface area contributed by atoms with Gasteiger partial charge in [0.25, 0.3) is 0 Å². The first kappa shape index (κ1) is 15.5. The number of rotatable bonds is 5. The molecule has 126 valence electrons. The third-order valence-corrected chi connectivity index (χ3v) is 4.05. The van der Waals surface area contributed by atoms with Crippen molar-refractivity contribution in [3.63, 3.8) is 0 Å². The summed E-state index contributed by atoms with van der Waals surface area (Å²) < 4.78 is 13.3. The molecule has 2 heterocycles. The summed E-state index contributed by atoms with van der Waals surface area (Å²) in [5.74, 6) is 0.996. The lowest BCUT2D eigenvalue weighted by molar-refractivity contribution is 0.627. The molecule has 25 heavy (non-hydrogen) atoms. The number of hydrogen-bond acceptors (Lipinski definition) is 5. The first-order chi connectivity index (χ1) is 12.2. The summed E-state index contributed by atoms with van der Waals surface area (Å²) in [6, 6.07) is 10.8. The van der Waals surface area contributed by atoms with Crippen LogP contribution in [0.25, 0.3) is 11.3 Å². The first-order valence-corrected chi connectivity index (χ1v) is 8.26. The number of anilines is 3. The van der Waals surface area contributed by atoms with E-state index in [1.165, 1.54) is 12.1 Å². The molecule has 0 atom stereocenters. The number of nitrogens with zero attached hydrogens (tertiary/aromatic N) is 3. The van der Waals surface area contributed by atoms with E-state index in [9.17, 15) is 4.39 Å². The molecular formula is C19H18FN5. The molecule has 0 amide bonds. The molecule has 0 radical (unpaired) electrons. The molecule has 1 saturated carbocycles. The molecule has 0 unspecified atom stereocenters. The van der Waals surface area contributed by atoms with Crippen molar-refractivity contribution in [1.29, 1.82) is 0 Å². The highest BCUT2D eigenvalue weighted by Crippen LogP contribution is 2.28. The molecule has 0 aliphatic heterocycles. The van der Waals surface area contributed by atoms with Crippen molar-refractivity contribution in [3.05, 3.63) is 60.2 Å². The third kappa shape index (κ3) is 3.74. The van der Waals surface area contributed by atoms with Crippen LogP contribution in [0.5, 0.6) is 0 Å². The van der Waals surface area contributed by atoms with Crippen LogP contribution in [-0.2, 0) is 0 Å². The van der Waals surface area contributed by atoms with Crippen molar-refractivity contribution in [2.24, 2.45) is 0 Å². The van der Waals surface area contributed by atoms with E-state index in [1.54, 1.807) is 18.5 Å². The van der Waals surface area contributed by atoms with Gasteiger partial charge >= 0.3 is 0 Å². The smallest absolute Gasteiger partial charge is 0.225 e. The van der Waals surface area contributed by atoms with Gasteiger partial charge in [0, 0.05) is 35.8 Å². The summed E-state index contributed by atoms with van der Waals surface area (Å²) in [6.45, 7) is 1.86. The van der Waals surface area contributed by atoms with Crippen LogP contribution < -0.4 is 10.6 Å². The topological polar surface area (TPSA) is 62.7 Å². The quantitative estimate of drug-likeness (QED) is 0.728. The predicted octanol–water partition coefficient (Wildman–Crippen LogP) is 4.30. The van der Waals surface area contributed by atoms with Crippen molar-refractivity contribution in [2.45, 2.75) is 25.8 Å². The highest BCUT2D eigenvalue weighted by molar-refractivity contribution is 5.68. The SMILES string of the molecule is Cc1cc(F)ccc1Nc1cc(-c2cccnc2)nc(NC2CC2)n1. The van der Waals surface area contributed by atoms with Crippen molar-refractivity contribution in [2.75, 3.05) is 10.6 Å². The third-order valence-electron chi connectivity index (χ3n) is 4.05. The van der Waals surface area contributed by atoms with E-state index in [4.69, 9.17) is 0 Å². The van der Waals surface area contributed by atoms with Gasteiger partial charge in [0.1, 0.15) is 11.6 Å². The maximum absolute atomic E-state index is 13.3. The fourth-order valence-corrected chi connectivity index (χ4v) is 2.55. The van der Waals surface area contributed by atoms with E-state index in [-0.39, 0.29) is 5.82 Å². The minimum atomic E-state index is -0.252. The molecule has 0 saturated heterocycles. The minimum Gasteiger partial charge on any atom is -0.351 e. The number of hydrogen-bond donors (Lipinski definition) is 2. The average molecular weight is 335 g/mol. The molecule has 2 N–H and O–H groups in total. The average Bonchev–Trinajstić information content (AvgIpc) is 3.42. The van der Waals surface area contributed by atoms with Gasteiger partial charge in [-0.2, -0.15) is 4.98 Å². The van der Waals surface area contributed by atoms with Crippen LogP contribution in [-0.4, -0.2) is 21.0 Å². The second kappa shape index (κ2) is 6.47. The highest BCUT2D eigenvalue weighted by Gasteiger charge is 2.22. The Morgan fingerprint density at radius 3 is 2.72 bits per heavy atom. The lowest BCUT2D eigenvalue weighted by Crippen LogP contribution is -2.08. The Bertz CT molecular complexity index is 894. The van der Waals surface area contributed by atoms with E-state index in [0.717, 1.165) is 35.3 Å². The van der Waals surface area contributed by atoms with Crippen LogP contribution in [0.4, 0.5) is 21.8 Å². The fraction of sp³-hybridized carbons (Fsp3) is 0.211. The highest BCUT2D eigenvalue weighted by atomic mass is 19.1. The summed E-state index contributed by atoms with van der Waals surface area (Å²) in [7, 11) is 0. The lowest BCUT2D eigenvalue weighted by Gasteiger charge is -2.12. The second-order valence-electron chi connectivity index (χ2n) is 6.21. The van der Waals surface area contributed by atoms with Crippen LogP contribution in [0, 0.1) is 12.7 Å². The minimum absolute atomic E-state index is 0.252. The van der Waals surface area contributed by atoms with Gasteiger partial charge in [-0.05, 0) is 55.7 Å². The van der Waals surface area contributed by atoms with Crippen LogP contribution in [0.15, 0.2) is 48.8 Å². The largest absolute Gasteiger partial charge is 0.351 e. The van der Waals surface area contributed by atoms with Crippen molar-refractivity contribution >= 4 is 17.5 Å². The molecule has 2 aromatic heterocycles.